The van der Waals surface area contributed by atoms with Crippen LogP contribution in [0.1, 0.15) is 11.1 Å². The standard InChI is InChI=1S/C15H15F2NO/c16-14-5-1-12(2-6-14)9-10-19-18-11-13-3-7-15(17)8-4-13/h1-8,18H,9-11H2. The van der Waals surface area contributed by atoms with Gasteiger partial charge in [0.15, 0.2) is 0 Å². The molecule has 0 aliphatic carbocycles. The molecule has 0 aliphatic heterocycles. The summed E-state index contributed by atoms with van der Waals surface area (Å²) in [4.78, 5) is 5.26. The van der Waals surface area contributed by atoms with Crippen molar-refractivity contribution in [2.24, 2.45) is 0 Å². The van der Waals surface area contributed by atoms with Crippen molar-refractivity contribution < 1.29 is 13.6 Å². The number of benzene rings is 2. The Hall–Kier alpha value is -1.78. The van der Waals surface area contributed by atoms with Gasteiger partial charge in [-0.25, -0.2) is 8.78 Å². The van der Waals surface area contributed by atoms with Crippen LogP contribution < -0.4 is 5.48 Å². The summed E-state index contributed by atoms with van der Waals surface area (Å²) >= 11 is 0. The quantitative estimate of drug-likeness (QED) is 0.638. The summed E-state index contributed by atoms with van der Waals surface area (Å²) in [5.74, 6) is -0.486. The van der Waals surface area contributed by atoms with Crippen LogP contribution in [0, 0.1) is 11.6 Å². The Morgan fingerprint density at radius 1 is 0.789 bits per heavy atom. The van der Waals surface area contributed by atoms with Crippen molar-refractivity contribution >= 4 is 0 Å². The summed E-state index contributed by atoms with van der Waals surface area (Å²) in [7, 11) is 0. The van der Waals surface area contributed by atoms with Crippen molar-refractivity contribution in [3.05, 3.63) is 71.3 Å². The highest BCUT2D eigenvalue weighted by molar-refractivity contribution is 5.16. The SMILES string of the molecule is Fc1ccc(CCONCc2ccc(F)cc2)cc1. The molecule has 0 fully saturated rings. The van der Waals surface area contributed by atoms with Crippen LogP contribution in [0.25, 0.3) is 0 Å². The first-order valence-corrected chi connectivity index (χ1v) is 6.07. The number of halogens is 2. The fraction of sp³-hybridized carbons (Fsp3) is 0.200. The maximum Gasteiger partial charge on any atom is 0.123 e. The lowest BCUT2D eigenvalue weighted by atomic mass is 10.2. The maximum atomic E-state index is 12.7. The first-order valence-electron chi connectivity index (χ1n) is 6.07. The molecule has 4 heteroatoms. The van der Waals surface area contributed by atoms with E-state index in [1.165, 1.54) is 24.3 Å². The van der Waals surface area contributed by atoms with Gasteiger partial charge in [0.25, 0.3) is 0 Å². The molecule has 100 valence electrons. The predicted molar refractivity (Wildman–Crippen MR) is 69.3 cm³/mol. The molecule has 1 N–H and O–H groups in total. The Bertz CT molecular complexity index is 449. The highest BCUT2D eigenvalue weighted by Gasteiger charge is 1.96. The lowest BCUT2D eigenvalue weighted by Crippen LogP contribution is -2.16. The number of rotatable bonds is 6. The third-order valence-electron chi connectivity index (χ3n) is 2.70. The van der Waals surface area contributed by atoms with Crippen molar-refractivity contribution in [2.75, 3.05) is 6.61 Å². The van der Waals surface area contributed by atoms with Gasteiger partial charge in [-0.1, -0.05) is 24.3 Å². The van der Waals surface area contributed by atoms with E-state index in [0.29, 0.717) is 19.6 Å². The summed E-state index contributed by atoms with van der Waals surface area (Å²) in [6.07, 6.45) is 0.705. The van der Waals surface area contributed by atoms with Crippen LogP contribution >= 0.6 is 0 Å². The average Bonchev–Trinajstić information content (AvgIpc) is 2.43. The molecular weight excluding hydrogens is 248 g/mol. The molecule has 2 aromatic carbocycles. The molecule has 0 radical (unpaired) electrons. The average molecular weight is 263 g/mol. The number of hydrogen-bond donors (Lipinski definition) is 1. The normalized spacial score (nSPS) is 10.6. The van der Waals surface area contributed by atoms with Crippen molar-refractivity contribution in [3.8, 4) is 0 Å². The number of hydrogen-bond acceptors (Lipinski definition) is 2. The van der Waals surface area contributed by atoms with Gasteiger partial charge >= 0.3 is 0 Å². The molecule has 0 saturated carbocycles. The Labute approximate surface area is 111 Å². The van der Waals surface area contributed by atoms with E-state index in [9.17, 15) is 8.78 Å². The first kappa shape index (κ1) is 13.6. The van der Waals surface area contributed by atoms with Crippen LogP contribution in [0.2, 0.25) is 0 Å². The molecule has 0 unspecified atom stereocenters. The summed E-state index contributed by atoms with van der Waals surface area (Å²) in [6.45, 7) is 1.01. The molecule has 0 amide bonds. The van der Waals surface area contributed by atoms with Crippen LogP contribution in [0.15, 0.2) is 48.5 Å². The summed E-state index contributed by atoms with van der Waals surface area (Å²) in [5.41, 5.74) is 4.77. The molecule has 2 rings (SSSR count). The summed E-state index contributed by atoms with van der Waals surface area (Å²) < 4.78 is 25.3. The molecule has 0 saturated heterocycles. The first-order chi connectivity index (χ1) is 9.24. The Morgan fingerprint density at radius 3 is 1.89 bits per heavy atom. The van der Waals surface area contributed by atoms with Gasteiger partial charge in [0.2, 0.25) is 0 Å². The number of hydroxylamine groups is 1. The molecule has 0 bridgehead atoms. The van der Waals surface area contributed by atoms with Crippen molar-refractivity contribution in [3.63, 3.8) is 0 Å². The molecule has 0 spiro atoms. The van der Waals surface area contributed by atoms with E-state index in [-0.39, 0.29) is 11.6 Å². The molecule has 2 nitrogen and oxygen atoms in total. The van der Waals surface area contributed by atoms with E-state index in [1.807, 2.05) is 0 Å². The highest BCUT2D eigenvalue weighted by atomic mass is 19.1. The zero-order valence-electron chi connectivity index (χ0n) is 10.4. The third-order valence-corrected chi connectivity index (χ3v) is 2.70. The smallest absolute Gasteiger partial charge is 0.123 e. The van der Waals surface area contributed by atoms with Crippen LogP contribution in [-0.2, 0) is 17.8 Å². The zero-order chi connectivity index (χ0) is 13.5. The van der Waals surface area contributed by atoms with E-state index in [1.54, 1.807) is 24.3 Å². The molecular formula is C15H15F2NO. The van der Waals surface area contributed by atoms with E-state index in [0.717, 1.165) is 11.1 Å². The van der Waals surface area contributed by atoms with Gasteiger partial charge in [-0.2, -0.15) is 5.48 Å². The van der Waals surface area contributed by atoms with Gasteiger partial charge in [-0.15, -0.1) is 0 Å². The van der Waals surface area contributed by atoms with Gasteiger partial charge in [0.05, 0.1) is 6.61 Å². The maximum absolute atomic E-state index is 12.7. The summed E-state index contributed by atoms with van der Waals surface area (Å²) in [6, 6.07) is 12.6. The lowest BCUT2D eigenvalue weighted by Gasteiger charge is -2.06. The number of nitrogens with one attached hydrogen (secondary N) is 1. The van der Waals surface area contributed by atoms with Crippen LogP contribution in [0.4, 0.5) is 8.78 Å². The Balaban J connectivity index is 1.64. The van der Waals surface area contributed by atoms with Gasteiger partial charge in [0.1, 0.15) is 11.6 Å². The Morgan fingerprint density at radius 2 is 1.32 bits per heavy atom. The monoisotopic (exact) mass is 263 g/mol. The second-order valence-corrected chi connectivity index (χ2v) is 4.17. The van der Waals surface area contributed by atoms with E-state index >= 15 is 0 Å². The van der Waals surface area contributed by atoms with Gasteiger partial charge in [0, 0.05) is 6.54 Å². The van der Waals surface area contributed by atoms with Gasteiger partial charge in [-0.3, -0.25) is 0 Å². The minimum absolute atomic E-state index is 0.237. The second-order valence-electron chi connectivity index (χ2n) is 4.17. The highest BCUT2D eigenvalue weighted by Crippen LogP contribution is 2.04. The van der Waals surface area contributed by atoms with Crippen molar-refractivity contribution in [1.29, 1.82) is 0 Å². The topological polar surface area (TPSA) is 21.3 Å². The van der Waals surface area contributed by atoms with Crippen molar-refractivity contribution in [2.45, 2.75) is 13.0 Å². The van der Waals surface area contributed by atoms with Gasteiger partial charge in [-0.05, 0) is 41.8 Å². The van der Waals surface area contributed by atoms with Gasteiger partial charge < -0.3 is 4.84 Å². The molecule has 0 heterocycles. The predicted octanol–water partition coefficient (Wildman–Crippen LogP) is 3.23. The van der Waals surface area contributed by atoms with Crippen LogP contribution in [0.3, 0.4) is 0 Å². The zero-order valence-corrected chi connectivity index (χ0v) is 10.4. The van der Waals surface area contributed by atoms with Crippen LogP contribution in [0.5, 0.6) is 0 Å². The van der Waals surface area contributed by atoms with E-state index < -0.39 is 0 Å². The second kappa shape index (κ2) is 6.97. The molecule has 2 aromatic rings. The van der Waals surface area contributed by atoms with E-state index in [4.69, 9.17) is 4.84 Å². The molecule has 0 atom stereocenters. The minimum atomic E-state index is -0.249. The molecule has 0 aliphatic rings. The Kier molecular flexibility index (Phi) is 5.01. The van der Waals surface area contributed by atoms with E-state index in [2.05, 4.69) is 5.48 Å². The molecule has 0 aromatic heterocycles. The lowest BCUT2D eigenvalue weighted by molar-refractivity contribution is 0.0387. The third kappa shape index (κ3) is 4.77. The fourth-order valence-electron chi connectivity index (χ4n) is 1.63. The fourth-order valence-corrected chi connectivity index (χ4v) is 1.63. The van der Waals surface area contributed by atoms with Crippen LogP contribution in [-0.4, -0.2) is 6.61 Å². The van der Waals surface area contributed by atoms with Crippen molar-refractivity contribution in [1.82, 2.24) is 5.48 Å². The summed E-state index contributed by atoms with van der Waals surface area (Å²) in [5, 5.41) is 0. The minimum Gasteiger partial charge on any atom is -0.301 e. The molecule has 19 heavy (non-hydrogen) atoms. The largest absolute Gasteiger partial charge is 0.301 e.